The summed E-state index contributed by atoms with van der Waals surface area (Å²) in [6.07, 6.45) is 9.73. The predicted molar refractivity (Wildman–Crippen MR) is 72.0 cm³/mol. The first-order valence-corrected chi connectivity index (χ1v) is 7.01. The Hall–Kier alpha value is -0.890. The van der Waals surface area contributed by atoms with E-state index < -0.39 is 0 Å². The van der Waals surface area contributed by atoms with E-state index in [9.17, 15) is 0 Å². The van der Waals surface area contributed by atoms with Gasteiger partial charge in [-0.3, -0.25) is 4.98 Å². The molecule has 1 aromatic rings. The second-order valence-electron chi connectivity index (χ2n) is 5.19. The van der Waals surface area contributed by atoms with Gasteiger partial charge >= 0.3 is 0 Å². The third kappa shape index (κ3) is 4.86. The molecule has 2 rings (SSSR count). The zero-order chi connectivity index (χ0) is 11.9. The number of aromatic nitrogens is 1. The second kappa shape index (κ2) is 6.75. The first-order valence-electron chi connectivity index (χ1n) is 7.01. The Bertz CT molecular complexity index is 306. The van der Waals surface area contributed by atoms with E-state index in [2.05, 4.69) is 29.4 Å². The third-order valence-corrected chi connectivity index (χ3v) is 3.47. The van der Waals surface area contributed by atoms with Gasteiger partial charge in [-0.2, -0.15) is 0 Å². The van der Waals surface area contributed by atoms with Crippen molar-refractivity contribution in [3.63, 3.8) is 0 Å². The Labute approximate surface area is 105 Å². The summed E-state index contributed by atoms with van der Waals surface area (Å²) in [7, 11) is 0. The highest BCUT2D eigenvalue weighted by atomic mass is 14.9. The van der Waals surface area contributed by atoms with Crippen LogP contribution in [0.5, 0.6) is 0 Å². The molecule has 0 radical (unpaired) electrons. The molecule has 94 valence electrons. The van der Waals surface area contributed by atoms with Crippen LogP contribution < -0.4 is 5.32 Å². The van der Waals surface area contributed by atoms with Gasteiger partial charge in [-0.25, -0.2) is 0 Å². The second-order valence-corrected chi connectivity index (χ2v) is 5.19. The Morgan fingerprint density at radius 1 is 1.41 bits per heavy atom. The topological polar surface area (TPSA) is 24.9 Å². The van der Waals surface area contributed by atoms with Crippen LogP contribution in [0.1, 0.15) is 44.7 Å². The van der Waals surface area contributed by atoms with Gasteiger partial charge in [0.1, 0.15) is 0 Å². The SMILES string of the molecule is CCCNC(CCc1ccccn1)CC1CC1. The summed E-state index contributed by atoms with van der Waals surface area (Å²) >= 11 is 0. The van der Waals surface area contributed by atoms with Gasteiger partial charge in [-0.15, -0.1) is 0 Å². The molecule has 0 amide bonds. The molecule has 1 N–H and O–H groups in total. The van der Waals surface area contributed by atoms with Gasteiger partial charge in [0.2, 0.25) is 0 Å². The predicted octanol–water partition coefficient (Wildman–Crippen LogP) is 3.18. The van der Waals surface area contributed by atoms with Crippen LogP contribution in [0, 0.1) is 5.92 Å². The zero-order valence-electron chi connectivity index (χ0n) is 10.9. The van der Waals surface area contributed by atoms with E-state index >= 15 is 0 Å². The van der Waals surface area contributed by atoms with Crippen LogP contribution in [0.15, 0.2) is 24.4 Å². The molecule has 1 saturated carbocycles. The van der Waals surface area contributed by atoms with Gasteiger partial charge < -0.3 is 5.32 Å². The summed E-state index contributed by atoms with van der Waals surface area (Å²) in [6.45, 7) is 3.39. The van der Waals surface area contributed by atoms with Gasteiger partial charge in [0.05, 0.1) is 0 Å². The van der Waals surface area contributed by atoms with Crippen LogP contribution in [-0.4, -0.2) is 17.6 Å². The van der Waals surface area contributed by atoms with Gasteiger partial charge in [-0.05, 0) is 50.3 Å². The minimum atomic E-state index is 0.699. The highest BCUT2D eigenvalue weighted by Gasteiger charge is 2.24. The minimum absolute atomic E-state index is 0.699. The fourth-order valence-corrected chi connectivity index (χ4v) is 2.28. The lowest BCUT2D eigenvalue weighted by atomic mass is 10.0. The van der Waals surface area contributed by atoms with Crippen LogP contribution in [0.25, 0.3) is 0 Å². The number of nitrogens with zero attached hydrogens (tertiary/aromatic N) is 1. The van der Waals surface area contributed by atoms with Crippen molar-refractivity contribution in [1.82, 2.24) is 10.3 Å². The standard InChI is InChI=1S/C15H24N2/c1-2-10-16-15(12-13-6-7-13)9-8-14-5-3-4-11-17-14/h3-5,11,13,15-16H,2,6-10,12H2,1H3. The van der Waals surface area contributed by atoms with Crippen molar-refractivity contribution < 1.29 is 0 Å². The van der Waals surface area contributed by atoms with Crippen molar-refractivity contribution in [3.05, 3.63) is 30.1 Å². The molecule has 1 aromatic heterocycles. The first-order chi connectivity index (χ1) is 8.38. The lowest BCUT2D eigenvalue weighted by Crippen LogP contribution is -2.30. The van der Waals surface area contributed by atoms with Gasteiger partial charge in [0, 0.05) is 17.9 Å². The Morgan fingerprint density at radius 3 is 2.94 bits per heavy atom. The van der Waals surface area contributed by atoms with Crippen molar-refractivity contribution in [3.8, 4) is 0 Å². The molecule has 0 saturated heterocycles. The highest BCUT2D eigenvalue weighted by molar-refractivity contribution is 5.03. The lowest BCUT2D eigenvalue weighted by Gasteiger charge is -2.18. The van der Waals surface area contributed by atoms with E-state index in [1.54, 1.807) is 0 Å². The average molecular weight is 232 g/mol. The molecule has 0 aromatic carbocycles. The summed E-state index contributed by atoms with van der Waals surface area (Å²) in [5, 5.41) is 3.68. The lowest BCUT2D eigenvalue weighted by molar-refractivity contribution is 0.431. The van der Waals surface area contributed by atoms with E-state index in [1.807, 2.05) is 12.3 Å². The molecule has 1 unspecified atom stereocenters. The van der Waals surface area contributed by atoms with Gasteiger partial charge in [-0.1, -0.05) is 25.8 Å². The van der Waals surface area contributed by atoms with E-state index in [4.69, 9.17) is 0 Å². The van der Waals surface area contributed by atoms with Gasteiger partial charge in [0.15, 0.2) is 0 Å². The van der Waals surface area contributed by atoms with Crippen molar-refractivity contribution >= 4 is 0 Å². The van der Waals surface area contributed by atoms with E-state index in [-0.39, 0.29) is 0 Å². The van der Waals surface area contributed by atoms with Crippen LogP contribution in [0.2, 0.25) is 0 Å². The van der Waals surface area contributed by atoms with E-state index in [0.29, 0.717) is 6.04 Å². The Kier molecular flexibility index (Phi) is 4.99. The molecule has 0 spiro atoms. The number of pyridine rings is 1. The van der Waals surface area contributed by atoms with Crippen molar-refractivity contribution in [2.75, 3.05) is 6.54 Å². The van der Waals surface area contributed by atoms with Gasteiger partial charge in [0.25, 0.3) is 0 Å². The van der Waals surface area contributed by atoms with Crippen LogP contribution in [0.3, 0.4) is 0 Å². The third-order valence-electron chi connectivity index (χ3n) is 3.47. The van der Waals surface area contributed by atoms with E-state index in [0.717, 1.165) is 18.9 Å². The fourth-order valence-electron chi connectivity index (χ4n) is 2.28. The van der Waals surface area contributed by atoms with Crippen molar-refractivity contribution in [2.45, 2.75) is 51.5 Å². The molecule has 1 fully saturated rings. The molecule has 1 aliphatic carbocycles. The number of aryl methyl sites for hydroxylation is 1. The van der Waals surface area contributed by atoms with E-state index in [1.165, 1.54) is 37.8 Å². The van der Waals surface area contributed by atoms with Crippen LogP contribution in [0.4, 0.5) is 0 Å². The molecule has 1 atom stereocenters. The smallest absolute Gasteiger partial charge is 0.0404 e. The number of nitrogens with one attached hydrogen (secondary N) is 1. The Balaban J connectivity index is 1.75. The van der Waals surface area contributed by atoms with Crippen molar-refractivity contribution in [2.24, 2.45) is 5.92 Å². The minimum Gasteiger partial charge on any atom is -0.314 e. The van der Waals surface area contributed by atoms with Crippen LogP contribution in [-0.2, 0) is 6.42 Å². The highest BCUT2D eigenvalue weighted by Crippen LogP contribution is 2.34. The first kappa shape index (κ1) is 12.6. The number of rotatable bonds is 8. The summed E-state index contributed by atoms with van der Waals surface area (Å²) in [4.78, 5) is 4.40. The average Bonchev–Trinajstić information content (AvgIpc) is 3.18. The quantitative estimate of drug-likeness (QED) is 0.744. The molecule has 0 aliphatic heterocycles. The monoisotopic (exact) mass is 232 g/mol. The molecular formula is C15H24N2. The number of hydrogen-bond donors (Lipinski definition) is 1. The molecule has 2 nitrogen and oxygen atoms in total. The largest absolute Gasteiger partial charge is 0.314 e. The normalized spacial score (nSPS) is 17.0. The summed E-state index contributed by atoms with van der Waals surface area (Å²) < 4.78 is 0. The zero-order valence-corrected chi connectivity index (χ0v) is 10.9. The maximum atomic E-state index is 4.40. The summed E-state index contributed by atoms with van der Waals surface area (Å²) in [6, 6.07) is 6.90. The van der Waals surface area contributed by atoms with Crippen molar-refractivity contribution in [1.29, 1.82) is 0 Å². The molecule has 0 bridgehead atoms. The molecular weight excluding hydrogens is 208 g/mol. The Morgan fingerprint density at radius 2 is 2.29 bits per heavy atom. The molecule has 1 aliphatic rings. The molecule has 17 heavy (non-hydrogen) atoms. The molecule has 2 heteroatoms. The maximum Gasteiger partial charge on any atom is 0.0404 e. The van der Waals surface area contributed by atoms with Crippen LogP contribution >= 0.6 is 0 Å². The maximum absolute atomic E-state index is 4.40. The molecule has 1 heterocycles. The summed E-state index contributed by atoms with van der Waals surface area (Å²) in [5.74, 6) is 1.01. The summed E-state index contributed by atoms with van der Waals surface area (Å²) in [5.41, 5.74) is 1.23. The number of hydrogen-bond acceptors (Lipinski definition) is 2. The fraction of sp³-hybridized carbons (Fsp3) is 0.667.